The minimum atomic E-state index is -0.211. The molecule has 0 radical (unpaired) electrons. The molecule has 3 N–H and O–H groups in total. The van der Waals surface area contributed by atoms with Gasteiger partial charge in [-0.1, -0.05) is 18.2 Å². The fourth-order valence-electron chi connectivity index (χ4n) is 3.41. The minimum Gasteiger partial charge on any atom is -0.355 e. The number of carbonyl (C=O) groups is 1. The average Bonchev–Trinajstić information content (AvgIpc) is 3.44. The smallest absolute Gasteiger partial charge is 0.259 e. The van der Waals surface area contributed by atoms with Crippen molar-refractivity contribution in [3.8, 4) is 0 Å². The Morgan fingerprint density at radius 1 is 1.06 bits per heavy atom. The van der Waals surface area contributed by atoms with E-state index in [0.29, 0.717) is 16.4 Å². The van der Waals surface area contributed by atoms with Gasteiger partial charge in [0.25, 0.3) is 5.91 Å². The van der Waals surface area contributed by atoms with Gasteiger partial charge >= 0.3 is 0 Å². The number of rotatable bonds is 6. The first kappa shape index (κ1) is 20.6. The Bertz CT molecular complexity index is 1450. The van der Waals surface area contributed by atoms with Crippen molar-refractivity contribution in [3.63, 3.8) is 0 Å². The molecule has 33 heavy (non-hydrogen) atoms. The van der Waals surface area contributed by atoms with Crippen LogP contribution in [-0.4, -0.2) is 26.1 Å². The summed E-state index contributed by atoms with van der Waals surface area (Å²) < 4.78 is 0. The zero-order chi connectivity index (χ0) is 22.6. The first-order valence-corrected chi connectivity index (χ1v) is 11.2. The fraction of sp³-hybridized carbons (Fsp3) is 0.0400. The molecule has 0 atom stereocenters. The third-order valence-corrected chi connectivity index (χ3v) is 5.86. The molecule has 8 heteroatoms. The number of aromatic nitrogens is 4. The lowest BCUT2D eigenvalue weighted by atomic mass is 10.1. The summed E-state index contributed by atoms with van der Waals surface area (Å²) in [7, 11) is 0. The molecule has 0 fully saturated rings. The molecule has 0 aliphatic heterocycles. The van der Waals surface area contributed by atoms with Crippen LogP contribution in [0.3, 0.4) is 0 Å². The second-order valence-electron chi connectivity index (χ2n) is 7.38. The van der Waals surface area contributed by atoms with E-state index in [2.05, 4.69) is 30.8 Å². The normalized spacial score (nSPS) is 11.2. The van der Waals surface area contributed by atoms with Gasteiger partial charge in [-0.3, -0.25) is 20.2 Å². The van der Waals surface area contributed by atoms with Gasteiger partial charge in [0.15, 0.2) is 5.13 Å². The number of benzene rings is 2. The maximum atomic E-state index is 12.8. The third-order valence-electron chi connectivity index (χ3n) is 4.98. The van der Waals surface area contributed by atoms with Crippen LogP contribution in [0.25, 0.3) is 23.1 Å². The summed E-state index contributed by atoms with van der Waals surface area (Å²) in [6.07, 6.45) is 5.63. The highest BCUT2D eigenvalue weighted by molar-refractivity contribution is 7.13. The number of pyridine rings is 1. The number of aromatic amines is 1. The van der Waals surface area contributed by atoms with E-state index in [1.165, 1.54) is 11.3 Å². The highest BCUT2D eigenvalue weighted by atomic mass is 32.1. The highest BCUT2D eigenvalue weighted by Crippen LogP contribution is 2.26. The number of amides is 1. The second kappa shape index (κ2) is 9.05. The summed E-state index contributed by atoms with van der Waals surface area (Å²) in [5.41, 5.74) is 5.56. The van der Waals surface area contributed by atoms with Crippen LogP contribution < -0.4 is 10.6 Å². The number of para-hydroxylation sites is 1. The SMILES string of the molecule is Cc1csc(NC(=O)c2ccccc2Nc2ccc3c(/C=C/c4ccccn4)n[nH]c3c2)n1. The van der Waals surface area contributed by atoms with E-state index in [9.17, 15) is 4.79 Å². The number of fused-ring (bicyclic) bond motifs is 1. The highest BCUT2D eigenvalue weighted by Gasteiger charge is 2.13. The largest absolute Gasteiger partial charge is 0.355 e. The first-order valence-electron chi connectivity index (χ1n) is 10.3. The number of hydrogen-bond acceptors (Lipinski definition) is 6. The average molecular weight is 453 g/mol. The van der Waals surface area contributed by atoms with Crippen LogP contribution in [0.5, 0.6) is 0 Å². The molecule has 3 aromatic heterocycles. The summed E-state index contributed by atoms with van der Waals surface area (Å²) in [6, 6.07) is 19.1. The summed E-state index contributed by atoms with van der Waals surface area (Å²) in [6.45, 7) is 1.90. The fourth-order valence-corrected chi connectivity index (χ4v) is 4.09. The second-order valence-corrected chi connectivity index (χ2v) is 8.23. The zero-order valence-electron chi connectivity index (χ0n) is 17.7. The Hall–Kier alpha value is -4.30. The Balaban J connectivity index is 1.37. The lowest BCUT2D eigenvalue weighted by molar-refractivity contribution is 0.102. The molecule has 0 aliphatic rings. The van der Waals surface area contributed by atoms with Crippen molar-refractivity contribution in [2.45, 2.75) is 6.92 Å². The molecule has 0 aliphatic carbocycles. The molecule has 0 saturated carbocycles. The van der Waals surface area contributed by atoms with Crippen LogP contribution in [-0.2, 0) is 0 Å². The van der Waals surface area contributed by atoms with Crippen molar-refractivity contribution in [2.75, 3.05) is 10.6 Å². The number of H-pyrrole nitrogens is 1. The van der Waals surface area contributed by atoms with Gasteiger partial charge < -0.3 is 5.32 Å². The van der Waals surface area contributed by atoms with E-state index in [0.717, 1.165) is 33.7 Å². The Kier molecular flexibility index (Phi) is 5.65. The molecule has 3 heterocycles. The number of aryl methyl sites for hydroxylation is 1. The molecule has 2 aromatic carbocycles. The maximum Gasteiger partial charge on any atom is 0.259 e. The van der Waals surface area contributed by atoms with Crippen LogP contribution >= 0.6 is 11.3 Å². The number of nitrogens with one attached hydrogen (secondary N) is 3. The van der Waals surface area contributed by atoms with Crippen LogP contribution in [0.4, 0.5) is 16.5 Å². The van der Waals surface area contributed by atoms with Crippen molar-refractivity contribution in [2.24, 2.45) is 0 Å². The molecule has 162 valence electrons. The van der Waals surface area contributed by atoms with E-state index in [1.54, 1.807) is 12.3 Å². The number of thiazole rings is 1. The van der Waals surface area contributed by atoms with Crippen LogP contribution in [0.2, 0.25) is 0 Å². The predicted molar refractivity (Wildman–Crippen MR) is 134 cm³/mol. The number of anilines is 3. The van der Waals surface area contributed by atoms with Gasteiger partial charge in [-0.05, 0) is 61.5 Å². The number of carbonyl (C=O) groups excluding carboxylic acids is 1. The van der Waals surface area contributed by atoms with E-state index in [-0.39, 0.29) is 5.91 Å². The predicted octanol–water partition coefficient (Wildman–Crippen LogP) is 5.89. The lowest BCUT2D eigenvalue weighted by Gasteiger charge is -2.11. The standard InChI is InChI=1S/C25H20N6OS/c1-16-15-33-25(27-16)29-24(32)20-7-2-3-8-21(20)28-18-9-11-19-22(30-31-23(19)14-18)12-10-17-6-4-5-13-26-17/h2-15,28H,1H3,(H,30,31)(H,27,29,32)/b12-10+. The van der Waals surface area contributed by atoms with Crippen LogP contribution in [0.15, 0.2) is 72.2 Å². The molecule has 5 aromatic rings. The van der Waals surface area contributed by atoms with E-state index in [1.807, 2.05) is 79.1 Å². The number of nitrogens with zero attached hydrogens (tertiary/aromatic N) is 3. The summed E-state index contributed by atoms with van der Waals surface area (Å²) in [5.74, 6) is -0.211. The van der Waals surface area contributed by atoms with Crippen LogP contribution in [0.1, 0.15) is 27.4 Å². The topological polar surface area (TPSA) is 95.6 Å². The van der Waals surface area contributed by atoms with Gasteiger partial charge in [0.1, 0.15) is 0 Å². The first-order chi connectivity index (χ1) is 16.2. The molecule has 0 unspecified atom stereocenters. The number of hydrogen-bond donors (Lipinski definition) is 3. The van der Waals surface area contributed by atoms with Gasteiger partial charge in [-0.15, -0.1) is 11.3 Å². The molecule has 1 amide bonds. The van der Waals surface area contributed by atoms with Gasteiger partial charge in [-0.2, -0.15) is 5.10 Å². The van der Waals surface area contributed by atoms with Gasteiger partial charge in [0, 0.05) is 22.7 Å². The van der Waals surface area contributed by atoms with E-state index >= 15 is 0 Å². The Morgan fingerprint density at radius 3 is 2.76 bits per heavy atom. The molecule has 0 spiro atoms. The quantitative estimate of drug-likeness (QED) is 0.299. The molecular formula is C25H20N6OS. The van der Waals surface area contributed by atoms with E-state index < -0.39 is 0 Å². The maximum absolute atomic E-state index is 12.8. The Labute approximate surface area is 194 Å². The molecule has 0 bridgehead atoms. The summed E-state index contributed by atoms with van der Waals surface area (Å²) in [4.78, 5) is 21.4. The lowest BCUT2D eigenvalue weighted by Crippen LogP contribution is -2.13. The molecule has 0 saturated heterocycles. The van der Waals surface area contributed by atoms with Crippen molar-refractivity contribution < 1.29 is 4.79 Å². The van der Waals surface area contributed by atoms with Gasteiger partial charge in [0.2, 0.25) is 0 Å². The molecule has 7 nitrogen and oxygen atoms in total. The van der Waals surface area contributed by atoms with E-state index in [4.69, 9.17) is 0 Å². The van der Waals surface area contributed by atoms with Crippen molar-refractivity contribution >= 4 is 56.8 Å². The van der Waals surface area contributed by atoms with Crippen LogP contribution in [0, 0.1) is 6.92 Å². The minimum absolute atomic E-state index is 0.211. The monoisotopic (exact) mass is 452 g/mol. The van der Waals surface area contributed by atoms with Crippen molar-refractivity contribution in [1.29, 1.82) is 0 Å². The summed E-state index contributed by atoms with van der Waals surface area (Å²) in [5, 5.41) is 17.2. The van der Waals surface area contributed by atoms with Crippen molar-refractivity contribution in [1.82, 2.24) is 20.2 Å². The van der Waals surface area contributed by atoms with Gasteiger partial charge in [-0.25, -0.2) is 4.98 Å². The zero-order valence-corrected chi connectivity index (χ0v) is 18.6. The third kappa shape index (κ3) is 4.65. The summed E-state index contributed by atoms with van der Waals surface area (Å²) >= 11 is 1.40. The Morgan fingerprint density at radius 2 is 1.94 bits per heavy atom. The van der Waals surface area contributed by atoms with Gasteiger partial charge in [0.05, 0.1) is 33.8 Å². The molecular weight excluding hydrogens is 432 g/mol. The van der Waals surface area contributed by atoms with Crippen molar-refractivity contribution in [3.05, 3.63) is 94.9 Å². The molecule has 5 rings (SSSR count).